The first-order valence-corrected chi connectivity index (χ1v) is 6.51. The van der Waals surface area contributed by atoms with Crippen molar-refractivity contribution in [1.29, 1.82) is 0 Å². The minimum atomic E-state index is 0.578. The summed E-state index contributed by atoms with van der Waals surface area (Å²) in [5.41, 5.74) is 5.26. The molecule has 0 amide bonds. The van der Waals surface area contributed by atoms with Crippen molar-refractivity contribution >= 4 is 6.08 Å². The van der Waals surface area contributed by atoms with Crippen molar-refractivity contribution in [3.63, 3.8) is 0 Å². The van der Waals surface area contributed by atoms with E-state index in [1.54, 1.807) is 0 Å². The van der Waals surface area contributed by atoms with Crippen molar-refractivity contribution in [2.45, 2.75) is 20.8 Å². The van der Waals surface area contributed by atoms with Crippen LogP contribution in [0.4, 0.5) is 0 Å². The van der Waals surface area contributed by atoms with Crippen molar-refractivity contribution in [1.82, 2.24) is 0 Å². The van der Waals surface area contributed by atoms with Crippen molar-refractivity contribution < 1.29 is 0 Å². The van der Waals surface area contributed by atoms with E-state index in [0.717, 1.165) is 0 Å². The van der Waals surface area contributed by atoms with E-state index in [2.05, 4.69) is 81.5 Å². The summed E-state index contributed by atoms with van der Waals surface area (Å²) in [6, 6.07) is 17.1. The summed E-state index contributed by atoms with van der Waals surface area (Å²) in [6.07, 6.45) is 4.49. The second-order valence-corrected chi connectivity index (χ2v) is 5.01. The molecule has 0 saturated heterocycles. The van der Waals surface area contributed by atoms with Gasteiger partial charge in [0.25, 0.3) is 0 Å². The van der Waals surface area contributed by atoms with E-state index in [1.807, 2.05) is 0 Å². The van der Waals surface area contributed by atoms with Crippen LogP contribution in [0, 0.1) is 12.8 Å². The Morgan fingerprint density at radius 2 is 1.61 bits per heavy atom. The average molecular weight is 236 g/mol. The van der Waals surface area contributed by atoms with Crippen LogP contribution in [0.15, 0.2) is 54.6 Å². The molecule has 0 heteroatoms. The molecule has 18 heavy (non-hydrogen) atoms. The van der Waals surface area contributed by atoms with Gasteiger partial charge in [-0.3, -0.25) is 0 Å². The van der Waals surface area contributed by atoms with Gasteiger partial charge in [0.15, 0.2) is 0 Å². The van der Waals surface area contributed by atoms with Gasteiger partial charge < -0.3 is 0 Å². The van der Waals surface area contributed by atoms with Crippen LogP contribution in [0.3, 0.4) is 0 Å². The van der Waals surface area contributed by atoms with Gasteiger partial charge in [0.05, 0.1) is 0 Å². The van der Waals surface area contributed by atoms with Gasteiger partial charge in [-0.1, -0.05) is 74.5 Å². The number of allylic oxidation sites excluding steroid dienone is 1. The van der Waals surface area contributed by atoms with Crippen LogP contribution in [-0.2, 0) is 0 Å². The number of rotatable bonds is 3. The van der Waals surface area contributed by atoms with Crippen LogP contribution in [0.2, 0.25) is 0 Å². The van der Waals surface area contributed by atoms with Crippen LogP contribution in [0.5, 0.6) is 0 Å². The maximum Gasteiger partial charge on any atom is -0.00823 e. The second kappa shape index (κ2) is 5.68. The van der Waals surface area contributed by atoms with Crippen LogP contribution < -0.4 is 0 Å². The third-order valence-electron chi connectivity index (χ3n) is 3.03. The highest BCUT2D eigenvalue weighted by molar-refractivity contribution is 5.77. The summed E-state index contributed by atoms with van der Waals surface area (Å²) in [7, 11) is 0. The summed E-state index contributed by atoms with van der Waals surface area (Å²) in [4.78, 5) is 0. The molecule has 0 fully saturated rings. The lowest BCUT2D eigenvalue weighted by molar-refractivity contribution is 0.836. The van der Waals surface area contributed by atoms with Crippen LogP contribution in [-0.4, -0.2) is 0 Å². The first-order chi connectivity index (χ1) is 8.68. The average Bonchev–Trinajstić information content (AvgIpc) is 2.37. The van der Waals surface area contributed by atoms with E-state index in [-0.39, 0.29) is 0 Å². The van der Waals surface area contributed by atoms with Gasteiger partial charge in [-0.05, 0) is 35.1 Å². The maximum atomic E-state index is 2.25. The summed E-state index contributed by atoms with van der Waals surface area (Å²) in [5, 5.41) is 0. The number of aryl methyl sites for hydroxylation is 1. The lowest BCUT2D eigenvalue weighted by Crippen LogP contribution is -1.88. The Balaban J connectivity index is 2.52. The van der Waals surface area contributed by atoms with Gasteiger partial charge in [-0.25, -0.2) is 0 Å². The fourth-order valence-corrected chi connectivity index (χ4v) is 2.12. The molecule has 0 heterocycles. The summed E-state index contributed by atoms with van der Waals surface area (Å²) in [6.45, 7) is 6.58. The lowest BCUT2D eigenvalue weighted by atomic mass is 9.94. The zero-order chi connectivity index (χ0) is 13.0. The number of benzene rings is 2. The van der Waals surface area contributed by atoms with E-state index in [1.165, 1.54) is 22.3 Å². The Labute approximate surface area is 110 Å². The molecule has 0 radical (unpaired) electrons. The molecule has 0 aliphatic heterocycles. The Bertz CT molecular complexity index is 533. The fourth-order valence-electron chi connectivity index (χ4n) is 2.12. The third kappa shape index (κ3) is 2.89. The Hall–Kier alpha value is -1.82. The highest BCUT2D eigenvalue weighted by Gasteiger charge is 2.05. The quantitative estimate of drug-likeness (QED) is 0.675. The molecule has 2 aromatic carbocycles. The molecule has 0 aromatic heterocycles. The molecule has 0 nitrogen and oxygen atoms in total. The van der Waals surface area contributed by atoms with E-state index in [0.29, 0.717) is 5.92 Å². The molecular weight excluding hydrogens is 216 g/mol. The van der Waals surface area contributed by atoms with Gasteiger partial charge in [0, 0.05) is 0 Å². The Morgan fingerprint density at radius 3 is 2.28 bits per heavy atom. The molecule has 2 aromatic rings. The first-order valence-electron chi connectivity index (χ1n) is 6.51. The SMILES string of the molecule is Cc1cccc(/C=C/C(C)C)c1-c1ccccc1. The van der Waals surface area contributed by atoms with Gasteiger partial charge in [0.2, 0.25) is 0 Å². The minimum absolute atomic E-state index is 0.578. The van der Waals surface area contributed by atoms with E-state index in [4.69, 9.17) is 0 Å². The predicted molar refractivity (Wildman–Crippen MR) is 80.5 cm³/mol. The Kier molecular flexibility index (Phi) is 3.99. The second-order valence-electron chi connectivity index (χ2n) is 5.01. The van der Waals surface area contributed by atoms with Crippen LogP contribution in [0.1, 0.15) is 25.0 Å². The molecular formula is C18H20. The monoisotopic (exact) mass is 236 g/mol. The molecule has 0 unspecified atom stereocenters. The van der Waals surface area contributed by atoms with E-state index >= 15 is 0 Å². The van der Waals surface area contributed by atoms with Gasteiger partial charge in [0.1, 0.15) is 0 Å². The molecule has 0 N–H and O–H groups in total. The Morgan fingerprint density at radius 1 is 0.889 bits per heavy atom. The number of hydrogen-bond acceptors (Lipinski definition) is 0. The van der Waals surface area contributed by atoms with Gasteiger partial charge in [-0.2, -0.15) is 0 Å². The lowest BCUT2D eigenvalue weighted by Gasteiger charge is -2.10. The van der Waals surface area contributed by atoms with Gasteiger partial charge in [-0.15, -0.1) is 0 Å². The first kappa shape index (κ1) is 12.6. The van der Waals surface area contributed by atoms with Crippen LogP contribution >= 0.6 is 0 Å². The van der Waals surface area contributed by atoms with E-state index < -0.39 is 0 Å². The molecule has 92 valence electrons. The predicted octanol–water partition coefficient (Wildman–Crippen LogP) is 5.33. The third-order valence-corrected chi connectivity index (χ3v) is 3.03. The maximum absolute atomic E-state index is 2.25. The van der Waals surface area contributed by atoms with Gasteiger partial charge >= 0.3 is 0 Å². The molecule has 0 aliphatic carbocycles. The minimum Gasteiger partial charge on any atom is -0.0814 e. The topological polar surface area (TPSA) is 0 Å². The standard InChI is InChI=1S/C18H20/c1-14(2)12-13-17-11-7-8-15(3)18(17)16-9-5-4-6-10-16/h4-14H,1-3H3/b13-12+. The van der Waals surface area contributed by atoms with Crippen molar-refractivity contribution in [2.75, 3.05) is 0 Å². The highest BCUT2D eigenvalue weighted by Crippen LogP contribution is 2.28. The largest absolute Gasteiger partial charge is 0.0814 e. The van der Waals surface area contributed by atoms with Crippen molar-refractivity contribution in [3.05, 3.63) is 65.7 Å². The highest BCUT2D eigenvalue weighted by atomic mass is 14.1. The summed E-state index contributed by atoms with van der Waals surface area (Å²) in [5.74, 6) is 0.578. The summed E-state index contributed by atoms with van der Waals surface area (Å²) >= 11 is 0. The summed E-state index contributed by atoms with van der Waals surface area (Å²) < 4.78 is 0. The normalized spacial score (nSPS) is 11.3. The fraction of sp³-hybridized carbons (Fsp3) is 0.222. The smallest absolute Gasteiger partial charge is 0.00823 e. The van der Waals surface area contributed by atoms with E-state index in [9.17, 15) is 0 Å². The van der Waals surface area contributed by atoms with Crippen LogP contribution in [0.25, 0.3) is 17.2 Å². The molecule has 0 spiro atoms. The molecule has 0 bridgehead atoms. The zero-order valence-corrected chi connectivity index (χ0v) is 11.4. The van der Waals surface area contributed by atoms with Crippen molar-refractivity contribution in [3.8, 4) is 11.1 Å². The van der Waals surface area contributed by atoms with Crippen molar-refractivity contribution in [2.24, 2.45) is 5.92 Å². The number of hydrogen-bond donors (Lipinski definition) is 0. The zero-order valence-electron chi connectivity index (χ0n) is 11.4. The molecule has 0 saturated carbocycles. The molecule has 0 aliphatic rings. The molecule has 2 rings (SSSR count). The molecule has 0 atom stereocenters.